The molecule has 0 aliphatic carbocycles. The van der Waals surface area contributed by atoms with Crippen molar-refractivity contribution >= 4 is 17.3 Å². The summed E-state index contributed by atoms with van der Waals surface area (Å²) in [6, 6.07) is 6.16. The Labute approximate surface area is 114 Å². The van der Waals surface area contributed by atoms with Gasteiger partial charge in [0.25, 0.3) is 0 Å². The minimum Gasteiger partial charge on any atom is -0.477 e. The van der Waals surface area contributed by atoms with Crippen molar-refractivity contribution in [1.82, 2.24) is 4.98 Å². The molecule has 0 fully saturated rings. The number of aromatic carboxylic acids is 1. The zero-order valence-corrected chi connectivity index (χ0v) is 11.5. The van der Waals surface area contributed by atoms with E-state index < -0.39 is 5.97 Å². The van der Waals surface area contributed by atoms with Crippen LogP contribution in [0.15, 0.2) is 24.3 Å². The van der Waals surface area contributed by atoms with Crippen molar-refractivity contribution in [2.45, 2.75) is 26.2 Å². The summed E-state index contributed by atoms with van der Waals surface area (Å²) in [7, 11) is 0. The van der Waals surface area contributed by atoms with Crippen LogP contribution >= 0.6 is 11.3 Å². The third-order valence-electron chi connectivity index (χ3n) is 2.71. The third-order valence-corrected chi connectivity index (χ3v) is 3.77. The number of carboxylic acid groups (broad SMARTS) is 1. The number of nitrogens with zero attached hydrogens (tertiary/aromatic N) is 1. The zero-order valence-electron chi connectivity index (χ0n) is 10.7. The molecule has 2 aromatic rings. The Morgan fingerprint density at radius 2 is 2.00 bits per heavy atom. The maximum Gasteiger partial charge on any atom is 0.347 e. The molecule has 100 valence electrons. The topological polar surface area (TPSA) is 50.2 Å². The lowest BCUT2D eigenvalue weighted by atomic mass is 10.1. The van der Waals surface area contributed by atoms with Gasteiger partial charge in [-0.05, 0) is 23.6 Å². The van der Waals surface area contributed by atoms with E-state index in [9.17, 15) is 9.18 Å². The van der Waals surface area contributed by atoms with Gasteiger partial charge in [-0.15, -0.1) is 11.3 Å². The van der Waals surface area contributed by atoms with E-state index in [1.807, 2.05) is 13.8 Å². The second-order valence-corrected chi connectivity index (χ2v) is 5.67. The standard InChI is InChI=1S/C14H14FNO2S/c1-8(2)12-13(14(17)18)19-11(16-12)7-9-3-5-10(15)6-4-9/h3-6,8H,7H2,1-2H3,(H,17,18). The SMILES string of the molecule is CC(C)c1nc(Cc2ccc(F)cc2)sc1C(=O)O. The Balaban J connectivity index is 2.28. The fourth-order valence-electron chi connectivity index (χ4n) is 1.78. The number of rotatable bonds is 4. The van der Waals surface area contributed by atoms with Gasteiger partial charge >= 0.3 is 5.97 Å². The van der Waals surface area contributed by atoms with Crippen LogP contribution in [0.4, 0.5) is 4.39 Å². The van der Waals surface area contributed by atoms with Gasteiger partial charge in [-0.3, -0.25) is 0 Å². The van der Waals surface area contributed by atoms with Crippen LogP contribution in [0, 0.1) is 5.82 Å². The molecule has 0 bridgehead atoms. The van der Waals surface area contributed by atoms with Crippen LogP contribution in [0.25, 0.3) is 0 Å². The molecule has 1 N–H and O–H groups in total. The van der Waals surface area contributed by atoms with Gasteiger partial charge in [-0.1, -0.05) is 26.0 Å². The summed E-state index contributed by atoms with van der Waals surface area (Å²) in [6.07, 6.45) is 0.526. The number of carbonyl (C=O) groups is 1. The van der Waals surface area contributed by atoms with Crippen molar-refractivity contribution < 1.29 is 14.3 Å². The lowest BCUT2D eigenvalue weighted by molar-refractivity contribution is 0.0700. The van der Waals surface area contributed by atoms with E-state index in [4.69, 9.17) is 5.11 Å². The van der Waals surface area contributed by atoms with Gasteiger partial charge in [0.05, 0.1) is 10.7 Å². The summed E-state index contributed by atoms with van der Waals surface area (Å²) >= 11 is 1.19. The van der Waals surface area contributed by atoms with Crippen molar-refractivity contribution in [3.63, 3.8) is 0 Å². The number of benzene rings is 1. The van der Waals surface area contributed by atoms with Crippen molar-refractivity contribution in [2.75, 3.05) is 0 Å². The molecule has 1 heterocycles. The molecule has 2 rings (SSSR count). The van der Waals surface area contributed by atoms with E-state index in [1.54, 1.807) is 12.1 Å². The minimum absolute atomic E-state index is 0.0734. The van der Waals surface area contributed by atoms with Crippen LogP contribution in [-0.2, 0) is 6.42 Å². The first-order valence-corrected chi connectivity index (χ1v) is 6.76. The number of hydrogen-bond acceptors (Lipinski definition) is 3. The molecule has 0 atom stereocenters. The van der Waals surface area contributed by atoms with Crippen LogP contribution < -0.4 is 0 Å². The van der Waals surface area contributed by atoms with Crippen LogP contribution in [0.1, 0.15) is 45.7 Å². The molecule has 1 aromatic carbocycles. The van der Waals surface area contributed by atoms with Gasteiger partial charge in [0.15, 0.2) is 0 Å². The molecule has 0 aliphatic rings. The smallest absolute Gasteiger partial charge is 0.347 e. The van der Waals surface area contributed by atoms with Gasteiger partial charge in [0.1, 0.15) is 10.7 Å². The van der Waals surface area contributed by atoms with E-state index in [2.05, 4.69) is 4.98 Å². The second-order valence-electron chi connectivity index (χ2n) is 4.59. The van der Waals surface area contributed by atoms with Gasteiger partial charge in [0, 0.05) is 6.42 Å². The first-order chi connectivity index (χ1) is 8.97. The average Bonchev–Trinajstić information content (AvgIpc) is 2.76. The van der Waals surface area contributed by atoms with E-state index >= 15 is 0 Å². The summed E-state index contributed by atoms with van der Waals surface area (Å²) in [6.45, 7) is 3.84. The van der Waals surface area contributed by atoms with Crippen LogP contribution in [-0.4, -0.2) is 16.1 Å². The number of halogens is 1. The van der Waals surface area contributed by atoms with Crippen molar-refractivity contribution in [1.29, 1.82) is 0 Å². The number of aromatic nitrogens is 1. The molecule has 0 saturated carbocycles. The lowest BCUT2D eigenvalue weighted by Crippen LogP contribution is -2.00. The first kappa shape index (κ1) is 13.7. The molecule has 5 heteroatoms. The molecule has 0 unspecified atom stereocenters. The normalized spacial score (nSPS) is 10.9. The highest BCUT2D eigenvalue weighted by atomic mass is 32.1. The van der Waals surface area contributed by atoms with Crippen LogP contribution in [0.5, 0.6) is 0 Å². The van der Waals surface area contributed by atoms with Crippen LogP contribution in [0.2, 0.25) is 0 Å². The lowest BCUT2D eigenvalue weighted by Gasteiger charge is -2.00. The van der Waals surface area contributed by atoms with Crippen molar-refractivity contribution in [3.8, 4) is 0 Å². The van der Waals surface area contributed by atoms with Gasteiger partial charge in [-0.2, -0.15) is 0 Å². The van der Waals surface area contributed by atoms with E-state index in [-0.39, 0.29) is 11.7 Å². The molecule has 0 aliphatic heterocycles. The van der Waals surface area contributed by atoms with Gasteiger partial charge in [-0.25, -0.2) is 14.2 Å². The van der Waals surface area contributed by atoms with Gasteiger partial charge < -0.3 is 5.11 Å². The molecule has 0 spiro atoms. The molecule has 19 heavy (non-hydrogen) atoms. The van der Waals surface area contributed by atoms with Crippen molar-refractivity contribution in [3.05, 3.63) is 51.2 Å². The fraction of sp³-hybridized carbons (Fsp3) is 0.286. The Morgan fingerprint density at radius 1 is 1.37 bits per heavy atom. The fourth-order valence-corrected chi connectivity index (χ4v) is 2.87. The Hall–Kier alpha value is -1.75. The summed E-state index contributed by atoms with van der Waals surface area (Å²) in [5.74, 6) is -1.15. The molecular formula is C14H14FNO2S. The number of hydrogen-bond donors (Lipinski definition) is 1. The summed E-state index contributed by atoms with van der Waals surface area (Å²) < 4.78 is 12.8. The minimum atomic E-state index is -0.938. The highest BCUT2D eigenvalue weighted by Crippen LogP contribution is 2.26. The number of carboxylic acids is 1. The molecular weight excluding hydrogens is 265 g/mol. The first-order valence-electron chi connectivity index (χ1n) is 5.94. The molecule has 3 nitrogen and oxygen atoms in total. The van der Waals surface area contributed by atoms with Crippen molar-refractivity contribution in [2.24, 2.45) is 0 Å². The average molecular weight is 279 g/mol. The third kappa shape index (κ3) is 3.17. The number of thiazole rings is 1. The summed E-state index contributed by atoms with van der Waals surface area (Å²) in [5, 5.41) is 9.89. The predicted molar refractivity (Wildman–Crippen MR) is 72.4 cm³/mol. The molecule has 1 aromatic heterocycles. The quantitative estimate of drug-likeness (QED) is 0.928. The Morgan fingerprint density at radius 3 is 2.47 bits per heavy atom. The predicted octanol–water partition coefficient (Wildman–Crippen LogP) is 3.69. The molecule has 0 saturated heterocycles. The van der Waals surface area contributed by atoms with Crippen LogP contribution in [0.3, 0.4) is 0 Å². The molecule has 0 radical (unpaired) electrons. The maximum absolute atomic E-state index is 12.8. The second kappa shape index (κ2) is 5.48. The summed E-state index contributed by atoms with van der Waals surface area (Å²) in [4.78, 5) is 15.8. The largest absolute Gasteiger partial charge is 0.477 e. The Kier molecular flexibility index (Phi) is 3.95. The van der Waals surface area contributed by atoms with E-state index in [0.717, 1.165) is 10.6 Å². The highest BCUT2D eigenvalue weighted by molar-refractivity contribution is 7.13. The maximum atomic E-state index is 12.8. The van der Waals surface area contributed by atoms with E-state index in [1.165, 1.54) is 23.5 Å². The summed E-state index contributed by atoms with van der Waals surface area (Å²) in [5.41, 5.74) is 1.54. The van der Waals surface area contributed by atoms with E-state index in [0.29, 0.717) is 17.0 Å². The van der Waals surface area contributed by atoms with Gasteiger partial charge in [0.2, 0.25) is 0 Å². The Bertz CT molecular complexity index is 590. The highest BCUT2D eigenvalue weighted by Gasteiger charge is 2.19. The zero-order chi connectivity index (χ0) is 14.0. The molecule has 0 amide bonds. The monoisotopic (exact) mass is 279 g/mol.